The topological polar surface area (TPSA) is 61.8 Å². The number of hydrogen-bond donors (Lipinski definition) is 0. The molecule has 30 heavy (non-hydrogen) atoms. The van der Waals surface area contributed by atoms with Crippen LogP contribution in [-0.4, -0.2) is 25.2 Å². The normalized spacial score (nSPS) is 10.3. The quantitative estimate of drug-likeness (QED) is 0.375. The van der Waals surface area contributed by atoms with Gasteiger partial charge >= 0.3 is 11.9 Å². The number of carbonyl (C=O) groups is 2. The van der Waals surface area contributed by atoms with Crippen LogP contribution in [0, 0.1) is 6.92 Å². The number of aryl methyl sites for hydroxylation is 1. The molecule has 3 aromatic carbocycles. The Morgan fingerprint density at radius 2 is 1.67 bits per heavy atom. The number of carbonyl (C=O) groups excluding carboxylic acids is 2. The highest BCUT2D eigenvalue weighted by atomic mass is 35.5. The second-order valence-corrected chi connectivity index (χ2v) is 7.00. The molecule has 0 N–H and O–H groups in total. The molecule has 0 fully saturated rings. The average Bonchev–Trinajstić information content (AvgIpc) is 2.74. The monoisotopic (exact) mass is 424 g/mol. The fourth-order valence-corrected chi connectivity index (χ4v) is 2.95. The molecule has 3 rings (SSSR count). The van der Waals surface area contributed by atoms with Crippen molar-refractivity contribution in [3.05, 3.63) is 94.5 Å². The van der Waals surface area contributed by atoms with Crippen molar-refractivity contribution in [2.45, 2.75) is 13.3 Å². The lowest BCUT2D eigenvalue weighted by atomic mass is 10.2. The zero-order valence-electron chi connectivity index (χ0n) is 16.5. The summed E-state index contributed by atoms with van der Waals surface area (Å²) in [5, 5.41) is 0.598. The van der Waals surface area contributed by atoms with Crippen molar-refractivity contribution in [2.24, 2.45) is 0 Å². The summed E-state index contributed by atoms with van der Waals surface area (Å²) in [5.74, 6) is -0.102. The van der Waals surface area contributed by atoms with Crippen molar-refractivity contribution >= 4 is 23.5 Å². The van der Waals surface area contributed by atoms with E-state index in [9.17, 15) is 9.59 Å². The van der Waals surface area contributed by atoms with Crippen LogP contribution in [-0.2, 0) is 16.0 Å². The maximum absolute atomic E-state index is 12.1. The van der Waals surface area contributed by atoms with Crippen LogP contribution >= 0.6 is 11.6 Å². The third-order valence-electron chi connectivity index (χ3n) is 4.27. The molecule has 0 aromatic heterocycles. The van der Waals surface area contributed by atoms with E-state index in [1.165, 1.54) is 0 Å². The van der Waals surface area contributed by atoms with Gasteiger partial charge in [-0.15, -0.1) is 0 Å². The largest absolute Gasteiger partial charge is 0.482 e. The molecule has 0 amide bonds. The molecule has 0 spiro atoms. The molecule has 0 radical (unpaired) electrons. The van der Waals surface area contributed by atoms with Crippen LogP contribution < -0.4 is 9.47 Å². The van der Waals surface area contributed by atoms with Crippen LogP contribution in [0.2, 0.25) is 5.02 Å². The third kappa shape index (κ3) is 6.36. The van der Waals surface area contributed by atoms with Gasteiger partial charge in [0.15, 0.2) is 6.61 Å². The third-order valence-corrected chi connectivity index (χ3v) is 4.51. The summed E-state index contributed by atoms with van der Waals surface area (Å²) in [6, 6.07) is 21.1. The van der Waals surface area contributed by atoms with Gasteiger partial charge in [0.2, 0.25) is 0 Å². The number of esters is 2. The first kappa shape index (κ1) is 21.4. The smallest absolute Gasteiger partial charge is 0.349 e. The van der Waals surface area contributed by atoms with Gasteiger partial charge in [-0.2, -0.15) is 0 Å². The Morgan fingerprint density at radius 3 is 2.37 bits per heavy atom. The molecular formula is C24H21ClO5. The molecule has 5 nitrogen and oxygen atoms in total. The highest BCUT2D eigenvalue weighted by molar-refractivity contribution is 6.30. The number of halogens is 1. The molecule has 0 atom stereocenters. The first-order valence-electron chi connectivity index (χ1n) is 9.42. The van der Waals surface area contributed by atoms with Gasteiger partial charge in [-0.05, 0) is 60.5 Å². The predicted octanol–water partition coefficient (Wildman–Crippen LogP) is 5.03. The Balaban J connectivity index is 1.45. The minimum atomic E-state index is -0.553. The van der Waals surface area contributed by atoms with Gasteiger partial charge in [0, 0.05) is 11.4 Å². The van der Waals surface area contributed by atoms with E-state index in [1.807, 2.05) is 37.3 Å². The van der Waals surface area contributed by atoms with Crippen molar-refractivity contribution < 1.29 is 23.8 Å². The summed E-state index contributed by atoms with van der Waals surface area (Å²) in [6.45, 7) is 1.89. The first-order valence-corrected chi connectivity index (χ1v) is 9.80. The van der Waals surface area contributed by atoms with Crippen LogP contribution in [0.25, 0.3) is 0 Å². The Hall–Kier alpha value is -3.31. The van der Waals surface area contributed by atoms with Crippen LogP contribution in [0.15, 0.2) is 72.8 Å². The van der Waals surface area contributed by atoms with Gasteiger partial charge < -0.3 is 14.2 Å². The Bertz CT molecular complexity index is 1000. The lowest BCUT2D eigenvalue weighted by Crippen LogP contribution is -2.18. The summed E-state index contributed by atoms with van der Waals surface area (Å²) >= 11 is 5.90. The lowest BCUT2D eigenvalue weighted by molar-refractivity contribution is -0.136. The lowest BCUT2D eigenvalue weighted by Gasteiger charge is -2.09. The van der Waals surface area contributed by atoms with E-state index in [-0.39, 0.29) is 6.61 Å². The summed E-state index contributed by atoms with van der Waals surface area (Å²) in [6.07, 6.45) is 0.648. The number of rotatable bonds is 8. The van der Waals surface area contributed by atoms with Crippen LogP contribution in [0.3, 0.4) is 0 Å². The molecule has 0 saturated carbocycles. The molecule has 0 bridgehead atoms. The van der Waals surface area contributed by atoms with E-state index in [4.69, 9.17) is 25.8 Å². The van der Waals surface area contributed by atoms with Gasteiger partial charge in [0.05, 0.1) is 12.2 Å². The molecule has 154 valence electrons. The Kier molecular flexibility index (Phi) is 7.46. The molecule has 6 heteroatoms. The Morgan fingerprint density at radius 1 is 0.933 bits per heavy atom. The molecular weight excluding hydrogens is 404 g/mol. The molecule has 0 heterocycles. The van der Waals surface area contributed by atoms with Gasteiger partial charge in [0.25, 0.3) is 0 Å². The van der Waals surface area contributed by atoms with E-state index in [1.54, 1.807) is 42.5 Å². The number of benzene rings is 3. The fraction of sp³-hybridized carbons (Fsp3) is 0.167. The maximum Gasteiger partial charge on any atom is 0.349 e. The number of hydrogen-bond acceptors (Lipinski definition) is 5. The van der Waals surface area contributed by atoms with Gasteiger partial charge in [-0.3, -0.25) is 0 Å². The highest BCUT2D eigenvalue weighted by Gasteiger charge is 2.11. The molecule has 0 unspecified atom stereocenters. The van der Waals surface area contributed by atoms with E-state index >= 15 is 0 Å². The summed E-state index contributed by atoms with van der Waals surface area (Å²) in [5.41, 5.74) is 2.31. The van der Waals surface area contributed by atoms with Crippen LogP contribution in [0.4, 0.5) is 0 Å². The van der Waals surface area contributed by atoms with E-state index in [0.717, 1.165) is 11.1 Å². The minimum absolute atomic E-state index is 0.244. The van der Waals surface area contributed by atoms with E-state index < -0.39 is 11.9 Å². The predicted molar refractivity (Wildman–Crippen MR) is 114 cm³/mol. The van der Waals surface area contributed by atoms with Crippen LogP contribution in [0.5, 0.6) is 11.5 Å². The minimum Gasteiger partial charge on any atom is -0.482 e. The molecule has 0 aliphatic rings. The highest BCUT2D eigenvalue weighted by Crippen LogP contribution is 2.22. The van der Waals surface area contributed by atoms with Gasteiger partial charge in [-0.25, -0.2) is 9.59 Å². The van der Waals surface area contributed by atoms with Crippen molar-refractivity contribution in [2.75, 3.05) is 13.2 Å². The second kappa shape index (κ2) is 10.5. The summed E-state index contributed by atoms with van der Waals surface area (Å²) < 4.78 is 16.0. The fourth-order valence-electron chi connectivity index (χ4n) is 2.72. The van der Waals surface area contributed by atoms with Crippen molar-refractivity contribution in [1.29, 1.82) is 0 Å². The Labute approximate surface area is 180 Å². The first-order chi connectivity index (χ1) is 14.5. The van der Waals surface area contributed by atoms with Gasteiger partial charge in [0.1, 0.15) is 11.5 Å². The van der Waals surface area contributed by atoms with Crippen molar-refractivity contribution in [3.63, 3.8) is 0 Å². The number of ether oxygens (including phenoxy) is 3. The summed E-state index contributed by atoms with van der Waals surface area (Å²) in [4.78, 5) is 24.1. The standard InChI is InChI=1S/C24H21ClO5/c1-17-15-20(25)9-12-22(17)29-16-23(26)30-21-10-7-19(8-11-21)24(27)28-14-13-18-5-3-2-4-6-18/h2-12,15H,13-14,16H2,1H3. The molecule has 0 saturated heterocycles. The van der Waals surface area contributed by atoms with Crippen molar-refractivity contribution in [3.8, 4) is 11.5 Å². The molecule has 3 aromatic rings. The zero-order chi connectivity index (χ0) is 21.3. The molecule has 0 aliphatic carbocycles. The van der Waals surface area contributed by atoms with Gasteiger partial charge in [-0.1, -0.05) is 41.9 Å². The average molecular weight is 425 g/mol. The van der Waals surface area contributed by atoms with E-state index in [0.29, 0.717) is 35.1 Å². The SMILES string of the molecule is Cc1cc(Cl)ccc1OCC(=O)Oc1ccc(C(=O)OCCc2ccccc2)cc1. The van der Waals surface area contributed by atoms with Crippen molar-refractivity contribution in [1.82, 2.24) is 0 Å². The zero-order valence-corrected chi connectivity index (χ0v) is 17.2. The summed E-state index contributed by atoms with van der Waals surface area (Å²) in [7, 11) is 0. The van der Waals surface area contributed by atoms with Crippen LogP contribution in [0.1, 0.15) is 21.5 Å². The second-order valence-electron chi connectivity index (χ2n) is 6.57. The maximum atomic E-state index is 12.1. The van der Waals surface area contributed by atoms with E-state index in [2.05, 4.69) is 0 Å². The molecule has 0 aliphatic heterocycles.